The van der Waals surface area contributed by atoms with Gasteiger partial charge in [0, 0.05) is 16.6 Å². The molecule has 0 amide bonds. The first-order valence-electron chi connectivity index (χ1n) is 10.9. The van der Waals surface area contributed by atoms with Gasteiger partial charge in [0.1, 0.15) is 12.4 Å². The lowest BCUT2D eigenvalue weighted by Gasteiger charge is -2.14. The van der Waals surface area contributed by atoms with Crippen molar-refractivity contribution in [3.05, 3.63) is 65.4 Å². The number of aryl methyl sites for hydroxylation is 1. The highest BCUT2D eigenvalue weighted by Crippen LogP contribution is 2.27. The quantitative estimate of drug-likeness (QED) is 0.397. The molecule has 1 aliphatic heterocycles. The van der Waals surface area contributed by atoms with Crippen molar-refractivity contribution >= 4 is 16.9 Å². The second-order valence-corrected chi connectivity index (χ2v) is 8.00. The predicted octanol–water partition coefficient (Wildman–Crippen LogP) is 5.09. The Morgan fingerprint density at radius 1 is 1.07 bits per heavy atom. The zero-order valence-corrected chi connectivity index (χ0v) is 17.7. The Morgan fingerprint density at radius 3 is 2.67 bits per heavy atom. The molecule has 30 heavy (non-hydrogen) atoms. The molecule has 5 heteroatoms. The Balaban J connectivity index is 1.36. The lowest BCUT2D eigenvalue weighted by molar-refractivity contribution is 0.0474. The van der Waals surface area contributed by atoms with Crippen molar-refractivity contribution in [3.8, 4) is 5.75 Å². The average molecular weight is 407 g/mol. The Morgan fingerprint density at radius 2 is 1.87 bits per heavy atom. The number of fused-ring (bicyclic) bond motifs is 1. The zero-order valence-electron chi connectivity index (χ0n) is 17.7. The topological polar surface area (TPSA) is 54.6 Å². The number of benzene rings is 2. The summed E-state index contributed by atoms with van der Waals surface area (Å²) in [7, 11) is 0. The van der Waals surface area contributed by atoms with Crippen molar-refractivity contribution < 1.29 is 14.3 Å². The number of H-pyrrole nitrogens is 1. The van der Waals surface area contributed by atoms with Gasteiger partial charge in [-0.2, -0.15) is 0 Å². The summed E-state index contributed by atoms with van der Waals surface area (Å²) in [6.07, 6.45) is 4.86. The maximum atomic E-state index is 12.8. The van der Waals surface area contributed by atoms with Gasteiger partial charge >= 0.3 is 5.97 Å². The fourth-order valence-corrected chi connectivity index (χ4v) is 4.09. The van der Waals surface area contributed by atoms with Gasteiger partial charge in [-0.25, -0.2) is 4.79 Å². The third kappa shape index (κ3) is 5.03. The number of carbonyl (C=O) groups excluding carboxylic acids is 1. The van der Waals surface area contributed by atoms with Crippen molar-refractivity contribution in [1.29, 1.82) is 0 Å². The minimum atomic E-state index is -0.314. The number of hydrogen-bond acceptors (Lipinski definition) is 4. The summed E-state index contributed by atoms with van der Waals surface area (Å²) >= 11 is 0. The number of aromatic nitrogens is 1. The number of esters is 1. The SMILES string of the molecule is Cc1[nH]c2ccc(OCCCCN3CCCC3)cc2c1C(=O)OCc1ccccc1. The summed E-state index contributed by atoms with van der Waals surface area (Å²) in [5.41, 5.74) is 3.29. The molecule has 1 fully saturated rings. The largest absolute Gasteiger partial charge is 0.494 e. The van der Waals surface area contributed by atoms with Gasteiger partial charge in [-0.15, -0.1) is 0 Å². The standard InChI is InChI=1S/C25H30N2O3/c1-19-24(25(28)30-18-20-9-3-2-4-10-20)22-17-21(11-12-23(22)26-19)29-16-8-7-15-27-13-5-6-14-27/h2-4,9-12,17,26H,5-8,13-16,18H2,1H3. The highest BCUT2D eigenvalue weighted by Gasteiger charge is 2.18. The number of aromatic amines is 1. The van der Waals surface area contributed by atoms with Gasteiger partial charge < -0.3 is 19.4 Å². The molecule has 0 atom stereocenters. The van der Waals surface area contributed by atoms with E-state index in [-0.39, 0.29) is 12.6 Å². The van der Waals surface area contributed by atoms with Crippen LogP contribution in [0.4, 0.5) is 0 Å². The molecule has 2 heterocycles. The molecule has 0 radical (unpaired) electrons. The monoisotopic (exact) mass is 406 g/mol. The molecule has 1 aromatic heterocycles. The molecular formula is C25H30N2O3. The fourth-order valence-electron chi connectivity index (χ4n) is 4.09. The summed E-state index contributed by atoms with van der Waals surface area (Å²) in [6.45, 7) is 6.51. The van der Waals surface area contributed by atoms with E-state index < -0.39 is 0 Å². The molecule has 5 nitrogen and oxygen atoms in total. The Labute approximate surface area is 178 Å². The van der Waals surface area contributed by atoms with Crippen LogP contribution in [0, 0.1) is 6.92 Å². The van der Waals surface area contributed by atoms with Gasteiger partial charge in [0.05, 0.1) is 12.2 Å². The number of carbonyl (C=O) groups is 1. The molecule has 0 aliphatic carbocycles. The van der Waals surface area contributed by atoms with Crippen LogP contribution in [0.5, 0.6) is 5.75 Å². The Hall–Kier alpha value is -2.79. The summed E-state index contributed by atoms with van der Waals surface area (Å²) in [4.78, 5) is 18.6. The first-order valence-corrected chi connectivity index (χ1v) is 10.9. The molecule has 1 aliphatic rings. The van der Waals surface area contributed by atoms with Gasteiger partial charge in [0.2, 0.25) is 0 Å². The van der Waals surface area contributed by atoms with Gasteiger partial charge in [-0.05, 0) is 76.0 Å². The second-order valence-electron chi connectivity index (χ2n) is 8.00. The van der Waals surface area contributed by atoms with Gasteiger partial charge in [-0.1, -0.05) is 30.3 Å². The number of rotatable bonds is 9. The van der Waals surface area contributed by atoms with E-state index in [4.69, 9.17) is 9.47 Å². The summed E-state index contributed by atoms with van der Waals surface area (Å²) in [5.74, 6) is 0.477. The first-order chi connectivity index (χ1) is 14.7. The second kappa shape index (κ2) is 9.81. The van der Waals surface area contributed by atoms with E-state index in [0.717, 1.165) is 47.3 Å². The van der Waals surface area contributed by atoms with Gasteiger partial charge in [0.15, 0.2) is 0 Å². The molecule has 0 bridgehead atoms. The van der Waals surface area contributed by atoms with Crippen LogP contribution in [0.25, 0.3) is 10.9 Å². The van der Waals surface area contributed by atoms with Crippen molar-refractivity contribution in [2.45, 2.75) is 39.2 Å². The maximum absolute atomic E-state index is 12.8. The Kier molecular flexibility index (Phi) is 6.70. The van der Waals surface area contributed by atoms with Crippen LogP contribution in [0.1, 0.15) is 47.3 Å². The average Bonchev–Trinajstić information content (AvgIpc) is 3.39. The van der Waals surface area contributed by atoms with Crippen LogP contribution in [0.15, 0.2) is 48.5 Å². The molecule has 4 rings (SSSR count). The third-order valence-corrected chi connectivity index (χ3v) is 5.71. The molecule has 0 saturated carbocycles. The minimum absolute atomic E-state index is 0.263. The normalized spacial score (nSPS) is 14.3. The van der Waals surface area contributed by atoms with Crippen molar-refractivity contribution in [1.82, 2.24) is 9.88 Å². The number of nitrogens with one attached hydrogen (secondary N) is 1. The van der Waals surface area contributed by atoms with Crippen molar-refractivity contribution in [2.75, 3.05) is 26.2 Å². The van der Waals surface area contributed by atoms with E-state index in [1.807, 2.05) is 55.5 Å². The molecule has 1 N–H and O–H groups in total. The lowest BCUT2D eigenvalue weighted by Crippen LogP contribution is -2.20. The maximum Gasteiger partial charge on any atom is 0.340 e. The van der Waals surface area contributed by atoms with Crippen LogP contribution in [-0.2, 0) is 11.3 Å². The highest BCUT2D eigenvalue weighted by atomic mass is 16.5. The van der Waals surface area contributed by atoms with Gasteiger partial charge in [-0.3, -0.25) is 0 Å². The predicted molar refractivity (Wildman–Crippen MR) is 119 cm³/mol. The van der Waals surface area contributed by atoms with Crippen molar-refractivity contribution in [3.63, 3.8) is 0 Å². The number of nitrogens with zero attached hydrogens (tertiary/aromatic N) is 1. The highest BCUT2D eigenvalue weighted by molar-refractivity contribution is 6.05. The molecule has 3 aromatic rings. The van der Waals surface area contributed by atoms with Crippen LogP contribution in [0.3, 0.4) is 0 Å². The molecule has 0 unspecified atom stereocenters. The fraction of sp³-hybridized carbons (Fsp3) is 0.400. The van der Waals surface area contributed by atoms with E-state index in [1.54, 1.807) is 0 Å². The first kappa shape index (κ1) is 20.5. The molecular weight excluding hydrogens is 376 g/mol. The summed E-state index contributed by atoms with van der Waals surface area (Å²) in [6, 6.07) is 15.6. The van der Waals surface area contributed by atoms with Crippen LogP contribution in [0.2, 0.25) is 0 Å². The van der Waals surface area contributed by atoms with Crippen LogP contribution >= 0.6 is 0 Å². The molecule has 158 valence electrons. The molecule has 2 aromatic carbocycles. The third-order valence-electron chi connectivity index (χ3n) is 5.71. The van der Waals surface area contributed by atoms with E-state index >= 15 is 0 Å². The van der Waals surface area contributed by atoms with Crippen molar-refractivity contribution in [2.24, 2.45) is 0 Å². The molecule has 0 spiro atoms. The van der Waals surface area contributed by atoms with Gasteiger partial charge in [0.25, 0.3) is 0 Å². The number of ether oxygens (including phenoxy) is 2. The van der Waals surface area contributed by atoms with Crippen LogP contribution in [-0.4, -0.2) is 42.1 Å². The Bertz CT molecular complexity index is 975. The number of likely N-dealkylation sites (tertiary alicyclic amines) is 1. The van der Waals surface area contributed by atoms with E-state index in [9.17, 15) is 4.79 Å². The number of hydrogen-bond donors (Lipinski definition) is 1. The summed E-state index contributed by atoms with van der Waals surface area (Å²) in [5, 5.41) is 0.847. The summed E-state index contributed by atoms with van der Waals surface area (Å²) < 4.78 is 11.5. The lowest BCUT2D eigenvalue weighted by atomic mass is 10.1. The van der Waals surface area contributed by atoms with E-state index in [0.29, 0.717) is 12.2 Å². The van der Waals surface area contributed by atoms with E-state index in [2.05, 4.69) is 9.88 Å². The molecule has 1 saturated heterocycles. The zero-order chi connectivity index (χ0) is 20.8. The minimum Gasteiger partial charge on any atom is -0.494 e. The smallest absolute Gasteiger partial charge is 0.340 e. The number of unbranched alkanes of at least 4 members (excludes halogenated alkanes) is 1. The van der Waals surface area contributed by atoms with Crippen LogP contribution < -0.4 is 4.74 Å². The van der Waals surface area contributed by atoms with E-state index in [1.165, 1.54) is 25.9 Å².